The Morgan fingerprint density at radius 3 is 2.45 bits per heavy atom. The van der Waals surface area contributed by atoms with Gasteiger partial charge in [0.15, 0.2) is 23.1 Å². The van der Waals surface area contributed by atoms with Crippen molar-refractivity contribution in [3.63, 3.8) is 0 Å². The highest BCUT2D eigenvalue weighted by molar-refractivity contribution is 6.01. The van der Waals surface area contributed by atoms with E-state index in [1.54, 1.807) is 0 Å². The van der Waals surface area contributed by atoms with Crippen LogP contribution in [0.25, 0.3) is 11.2 Å². The number of nitrogens with one attached hydrogen (secondary N) is 1. The Morgan fingerprint density at radius 1 is 1.05 bits per heavy atom. The fourth-order valence-corrected chi connectivity index (χ4v) is 6.88. The van der Waals surface area contributed by atoms with E-state index in [2.05, 4.69) is 47.5 Å². The molecule has 4 N–H and O–H groups in total. The van der Waals surface area contributed by atoms with E-state index in [0.717, 1.165) is 43.3 Å². The number of carbonyl (C=O) groups is 1. The number of hydrogen-bond donors (Lipinski definition) is 3. The smallest absolute Gasteiger partial charge is 0.433 e. The lowest BCUT2D eigenvalue weighted by Gasteiger charge is -2.38. The summed E-state index contributed by atoms with van der Waals surface area (Å²) in [5, 5.41) is 12.9. The summed E-state index contributed by atoms with van der Waals surface area (Å²) in [7, 11) is 0. The van der Waals surface area contributed by atoms with E-state index in [4.69, 9.17) is 20.7 Å². The molecule has 2 unspecified atom stereocenters. The zero-order valence-corrected chi connectivity index (χ0v) is 24.8. The number of piperidine rings is 1. The number of imidazole rings is 1. The van der Waals surface area contributed by atoms with Crippen LogP contribution in [0.3, 0.4) is 0 Å². The van der Waals surface area contributed by atoms with Gasteiger partial charge < -0.3 is 25.6 Å². The Kier molecular flexibility index (Phi) is 8.80. The normalized spacial score (nSPS) is 25.3. The maximum Gasteiger partial charge on any atom is 0.433 e. The first-order valence-electron chi connectivity index (χ1n) is 15.6. The molecule has 0 radical (unpaired) electrons. The van der Waals surface area contributed by atoms with E-state index in [1.807, 2.05) is 0 Å². The van der Waals surface area contributed by atoms with Gasteiger partial charge in [0.05, 0.1) is 0 Å². The summed E-state index contributed by atoms with van der Waals surface area (Å²) in [6, 6.07) is 0.662. The molecule has 2 aliphatic carbocycles. The molecule has 2 aromatic rings. The lowest BCUT2D eigenvalue weighted by atomic mass is 9.80. The minimum atomic E-state index is -1.36. The third-order valence-electron chi connectivity index (χ3n) is 9.45. The maximum atomic E-state index is 11.3. The number of aromatic nitrogens is 4. The predicted octanol–water partition coefficient (Wildman–Crippen LogP) is 6.04. The molecule has 0 bridgehead atoms. The Labute approximate surface area is 238 Å². The van der Waals surface area contributed by atoms with Gasteiger partial charge in [0.1, 0.15) is 5.52 Å². The van der Waals surface area contributed by atoms with Crippen LogP contribution in [0.5, 0.6) is 0 Å². The van der Waals surface area contributed by atoms with Crippen LogP contribution in [-0.4, -0.2) is 55.2 Å². The van der Waals surface area contributed by atoms with Crippen molar-refractivity contribution in [1.82, 2.24) is 19.5 Å². The van der Waals surface area contributed by atoms with Crippen molar-refractivity contribution in [1.29, 1.82) is 0 Å². The third kappa shape index (κ3) is 6.36. The van der Waals surface area contributed by atoms with Gasteiger partial charge in [0.25, 0.3) is 0 Å². The molecule has 1 amide bonds. The third-order valence-corrected chi connectivity index (χ3v) is 9.45. The summed E-state index contributed by atoms with van der Waals surface area (Å²) in [6.07, 6.45) is 11.9. The molecule has 3 fully saturated rings. The standard InChI is InChI=1S/C30H48N8O2/c1-18(2)16-23-10-5-6-15-37(23)29-36-27-24(38(29)17-21-13-11-19(3)12-14-21)26(32-20(4)22-8-7-9-22)34-28(35-27)25(31)33-30(39)40/h18-23H,5-17H2,1-4H3,(H2,31,33)(H,39,40)(H,32,34,35). The first-order valence-corrected chi connectivity index (χ1v) is 15.6. The highest BCUT2D eigenvalue weighted by Gasteiger charge is 2.32. The summed E-state index contributed by atoms with van der Waals surface area (Å²) in [5.41, 5.74) is 7.55. The van der Waals surface area contributed by atoms with Crippen LogP contribution in [0, 0.1) is 23.7 Å². The topological polar surface area (TPSA) is 135 Å². The van der Waals surface area contributed by atoms with Crippen molar-refractivity contribution in [3.8, 4) is 0 Å². The van der Waals surface area contributed by atoms with Crippen molar-refractivity contribution < 1.29 is 9.90 Å². The van der Waals surface area contributed by atoms with Gasteiger partial charge >= 0.3 is 6.09 Å². The first-order chi connectivity index (χ1) is 19.2. The second-order valence-electron chi connectivity index (χ2n) is 13.1. The number of fused-ring (bicyclic) bond motifs is 1. The van der Waals surface area contributed by atoms with E-state index in [-0.39, 0.29) is 17.7 Å². The number of aliphatic imine (C=N–C) groups is 1. The Morgan fingerprint density at radius 2 is 1.80 bits per heavy atom. The average molecular weight is 553 g/mol. The molecule has 220 valence electrons. The molecule has 10 nitrogen and oxygen atoms in total. The summed E-state index contributed by atoms with van der Waals surface area (Å²) >= 11 is 0. The van der Waals surface area contributed by atoms with Gasteiger partial charge in [-0.1, -0.05) is 40.0 Å². The van der Waals surface area contributed by atoms with Crippen LogP contribution >= 0.6 is 0 Å². The van der Waals surface area contributed by atoms with Crippen LogP contribution in [0.1, 0.15) is 104 Å². The molecular weight excluding hydrogens is 504 g/mol. The summed E-state index contributed by atoms with van der Waals surface area (Å²) < 4.78 is 2.39. The van der Waals surface area contributed by atoms with Crippen LogP contribution in [-0.2, 0) is 6.54 Å². The van der Waals surface area contributed by atoms with E-state index < -0.39 is 6.09 Å². The van der Waals surface area contributed by atoms with E-state index >= 15 is 0 Å². The van der Waals surface area contributed by atoms with Gasteiger partial charge in [-0.05, 0) is 82.0 Å². The van der Waals surface area contributed by atoms with E-state index in [0.29, 0.717) is 35.3 Å². The highest BCUT2D eigenvalue weighted by atomic mass is 16.4. The molecule has 0 aromatic carbocycles. The molecule has 2 aromatic heterocycles. The number of amides is 1. The second-order valence-corrected chi connectivity index (χ2v) is 13.1. The Balaban J connectivity index is 1.64. The molecule has 10 heteroatoms. The maximum absolute atomic E-state index is 11.3. The monoisotopic (exact) mass is 552 g/mol. The largest absolute Gasteiger partial charge is 0.463 e. The minimum Gasteiger partial charge on any atom is -0.463 e. The predicted molar refractivity (Wildman–Crippen MR) is 160 cm³/mol. The van der Waals surface area contributed by atoms with Gasteiger partial charge in [-0.3, -0.25) is 0 Å². The number of anilines is 2. The summed E-state index contributed by atoms with van der Waals surface area (Å²) in [5.74, 6) is 4.11. The lowest BCUT2D eigenvalue weighted by Crippen LogP contribution is -2.42. The summed E-state index contributed by atoms with van der Waals surface area (Å²) in [4.78, 5) is 32.0. The van der Waals surface area contributed by atoms with Gasteiger partial charge in [0, 0.05) is 25.2 Å². The summed E-state index contributed by atoms with van der Waals surface area (Å²) in [6.45, 7) is 11.0. The van der Waals surface area contributed by atoms with Gasteiger partial charge in [-0.2, -0.15) is 9.98 Å². The molecule has 3 heterocycles. The Hall–Kier alpha value is -2.91. The zero-order chi connectivity index (χ0) is 28.4. The number of nitrogens with two attached hydrogens (primary N) is 1. The van der Waals surface area contributed by atoms with Crippen LogP contribution in [0.2, 0.25) is 0 Å². The van der Waals surface area contributed by atoms with Crippen LogP contribution in [0.4, 0.5) is 16.6 Å². The van der Waals surface area contributed by atoms with E-state index in [9.17, 15) is 9.90 Å². The number of carboxylic acid groups (broad SMARTS) is 1. The average Bonchev–Trinajstić information content (AvgIpc) is 3.22. The molecule has 5 rings (SSSR count). The van der Waals surface area contributed by atoms with Crippen molar-refractivity contribution in [2.45, 2.75) is 117 Å². The molecular formula is C30H48N8O2. The first kappa shape index (κ1) is 28.6. The molecule has 3 aliphatic rings. The highest BCUT2D eigenvalue weighted by Crippen LogP contribution is 2.37. The van der Waals surface area contributed by atoms with Gasteiger partial charge in [-0.25, -0.2) is 14.8 Å². The van der Waals surface area contributed by atoms with Crippen LogP contribution in [0.15, 0.2) is 4.99 Å². The van der Waals surface area contributed by atoms with Gasteiger partial charge in [-0.15, -0.1) is 0 Å². The van der Waals surface area contributed by atoms with Crippen molar-refractivity contribution in [2.75, 3.05) is 16.8 Å². The number of nitrogens with zero attached hydrogens (tertiary/aromatic N) is 6. The van der Waals surface area contributed by atoms with Crippen molar-refractivity contribution in [3.05, 3.63) is 5.82 Å². The van der Waals surface area contributed by atoms with Crippen molar-refractivity contribution in [2.24, 2.45) is 34.4 Å². The molecule has 1 saturated heterocycles. The molecule has 0 spiro atoms. The zero-order valence-electron chi connectivity index (χ0n) is 24.8. The lowest BCUT2D eigenvalue weighted by molar-refractivity contribution is 0.205. The van der Waals surface area contributed by atoms with E-state index in [1.165, 1.54) is 57.8 Å². The second kappa shape index (κ2) is 12.3. The SMILES string of the molecule is CC(C)CC1CCCCN1c1nc2nc(C(N)=NC(=O)O)nc(NC(C)C3CCC3)c2n1CC1CCC(C)CC1. The quantitative estimate of drug-likeness (QED) is 0.253. The Bertz CT molecular complexity index is 1210. The molecule has 40 heavy (non-hydrogen) atoms. The number of hydrogen-bond acceptors (Lipinski definition) is 6. The number of amidine groups is 1. The molecule has 2 saturated carbocycles. The molecule has 1 aliphatic heterocycles. The number of rotatable bonds is 9. The van der Waals surface area contributed by atoms with Crippen LogP contribution < -0.4 is 16.0 Å². The molecule has 2 atom stereocenters. The van der Waals surface area contributed by atoms with Gasteiger partial charge in [0.2, 0.25) is 5.95 Å². The fourth-order valence-electron chi connectivity index (χ4n) is 6.88. The van der Waals surface area contributed by atoms with Crippen molar-refractivity contribution >= 4 is 34.9 Å². The minimum absolute atomic E-state index is 0.110. The fraction of sp³-hybridized carbons (Fsp3) is 0.767.